The number of fused-ring (bicyclic) bond motifs is 2. The van der Waals surface area contributed by atoms with Crippen molar-refractivity contribution >= 4 is 27.5 Å². The average molecular weight is 370 g/mol. The molecule has 0 aliphatic heterocycles. The molecule has 0 aliphatic carbocycles. The monoisotopic (exact) mass is 370 g/mol. The highest BCUT2D eigenvalue weighted by molar-refractivity contribution is 6.16. The molecule has 0 amide bonds. The van der Waals surface area contributed by atoms with E-state index in [9.17, 15) is 9.90 Å². The first-order valence-electron chi connectivity index (χ1n) is 8.37. The van der Waals surface area contributed by atoms with E-state index in [0.717, 1.165) is 16.3 Å². The standard InChI is InChI=1S/C21H22O6/c1-10-7-8-12-17(18(10)25-4)20(27-6)15-11(2)16(21(22)23)14(24-3)9-13(15)19(12)26-5/h7-9H,1-6H3,(H,22,23). The van der Waals surface area contributed by atoms with Crippen molar-refractivity contribution in [1.82, 2.24) is 0 Å². The van der Waals surface area contributed by atoms with Crippen molar-refractivity contribution in [3.05, 3.63) is 34.9 Å². The Balaban J connectivity index is 2.71. The maximum atomic E-state index is 11.9. The molecular formula is C21H22O6. The Labute approximate surface area is 157 Å². The minimum absolute atomic E-state index is 0.0938. The Bertz CT molecular complexity index is 1070. The number of ether oxygens (including phenoxy) is 4. The van der Waals surface area contributed by atoms with E-state index in [-0.39, 0.29) is 11.3 Å². The van der Waals surface area contributed by atoms with Crippen molar-refractivity contribution in [2.75, 3.05) is 28.4 Å². The predicted octanol–water partition coefficient (Wildman–Crippen LogP) is 4.34. The van der Waals surface area contributed by atoms with Gasteiger partial charge in [0.1, 0.15) is 28.6 Å². The van der Waals surface area contributed by atoms with Crippen LogP contribution in [0.2, 0.25) is 0 Å². The summed E-state index contributed by atoms with van der Waals surface area (Å²) >= 11 is 0. The number of hydrogen-bond donors (Lipinski definition) is 1. The van der Waals surface area contributed by atoms with Crippen molar-refractivity contribution in [2.24, 2.45) is 0 Å². The van der Waals surface area contributed by atoms with Gasteiger partial charge in [-0.25, -0.2) is 4.79 Å². The van der Waals surface area contributed by atoms with Gasteiger partial charge in [0.15, 0.2) is 0 Å². The Morgan fingerprint density at radius 2 is 1.44 bits per heavy atom. The number of hydrogen-bond acceptors (Lipinski definition) is 5. The van der Waals surface area contributed by atoms with Gasteiger partial charge in [-0.3, -0.25) is 0 Å². The third-order valence-electron chi connectivity index (χ3n) is 4.89. The fourth-order valence-corrected chi connectivity index (χ4v) is 3.74. The number of aromatic carboxylic acids is 1. The largest absolute Gasteiger partial charge is 0.496 e. The lowest BCUT2D eigenvalue weighted by atomic mass is 9.92. The van der Waals surface area contributed by atoms with Crippen LogP contribution in [0.5, 0.6) is 23.0 Å². The van der Waals surface area contributed by atoms with Gasteiger partial charge in [-0.15, -0.1) is 0 Å². The van der Waals surface area contributed by atoms with Crippen molar-refractivity contribution in [3.63, 3.8) is 0 Å². The second-order valence-corrected chi connectivity index (χ2v) is 6.21. The summed E-state index contributed by atoms with van der Waals surface area (Å²) in [6, 6.07) is 5.57. The smallest absolute Gasteiger partial charge is 0.339 e. The van der Waals surface area contributed by atoms with Crippen LogP contribution >= 0.6 is 0 Å². The molecule has 3 aromatic rings. The quantitative estimate of drug-likeness (QED) is 0.674. The Hall–Kier alpha value is -3.15. The van der Waals surface area contributed by atoms with Crippen LogP contribution in [-0.2, 0) is 0 Å². The summed E-state index contributed by atoms with van der Waals surface area (Å²) in [5.74, 6) is 1.02. The third-order valence-corrected chi connectivity index (χ3v) is 4.89. The third kappa shape index (κ3) is 2.60. The number of carbonyl (C=O) groups is 1. The highest BCUT2D eigenvalue weighted by Crippen LogP contribution is 2.50. The Morgan fingerprint density at radius 3 is 1.96 bits per heavy atom. The molecule has 0 heterocycles. The van der Waals surface area contributed by atoms with E-state index in [1.54, 1.807) is 34.3 Å². The van der Waals surface area contributed by atoms with Crippen molar-refractivity contribution in [2.45, 2.75) is 13.8 Å². The molecule has 0 spiro atoms. The molecule has 27 heavy (non-hydrogen) atoms. The van der Waals surface area contributed by atoms with E-state index in [1.807, 2.05) is 19.1 Å². The van der Waals surface area contributed by atoms with Gasteiger partial charge in [0, 0.05) is 16.2 Å². The first kappa shape index (κ1) is 18.6. The van der Waals surface area contributed by atoms with E-state index < -0.39 is 5.97 Å². The molecule has 0 saturated heterocycles. The number of carboxylic acid groups (broad SMARTS) is 1. The maximum Gasteiger partial charge on any atom is 0.339 e. The van der Waals surface area contributed by atoms with Gasteiger partial charge in [0.05, 0.1) is 33.8 Å². The van der Waals surface area contributed by atoms with Gasteiger partial charge < -0.3 is 24.1 Å². The minimum atomic E-state index is -1.07. The van der Waals surface area contributed by atoms with Gasteiger partial charge in [0.25, 0.3) is 0 Å². The number of rotatable bonds is 5. The number of aryl methyl sites for hydroxylation is 2. The van der Waals surface area contributed by atoms with E-state index in [4.69, 9.17) is 18.9 Å². The fraction of sp³-hybridized carbons (Fsp3) is 0.286. The summed E-state index contributed by atoms with van der Waals surface area (Å²) in [4.78, 5) is 11.9. The highest BCUT2D eigenvalue weighted by atomic mass is 16.5. The lowest BCUT2D eigenvalue weighted by Gasteiger charge is -2.21. The normalized spacial score (nSPS) is 10.9. The maximum absolute atomic E-state index is 11.9. The molecule has 0 aromatic heterocycles. The molecule has 6 nitrogen and oxygen atoms in total. The number of methoxy groups -OCH3 is 4. The van der Waals surface area contributed by atoms with Gasteiger partial charge in [-0.1, -0.05) is 6.07 Å². The van der Waals surface area contributed by atoms with Gasteiger partial charge in [-0.05, 0) is 37.1 Å². The van der Waals surface area contributed by atoms with Crippen LogP contribution in [0.3, 0.4) is 0 Å². The van der Waals surface area contributed by atoms with Crippen molar-refractivity contribution in [3.8, 4) is 23.0 Å². The first-order chi connectivity index (χ1) is 12.9. The van der Waals surface area contributed by atoms with Gasteiger partial charge in [-0.2, -0.15) is 0 Å². The van der Waals surface area contributed by atoms with Crippen molar-refractivity contribution < 1.29 is 28.8 Å². The average Bonchev–Trinajstić information content (AvgIpc) is 2.65. The molecule has 3 rings (SSSR count). The van der Waals surface area contributed by atoms with E-state index in [1.165, 1.54) is 7.11 Å². The van der Waals surface area contributed by atoms with Gasteiger partial charge in [0.2, 0.25) is 0 Å². The summed E-state index contributed by atoms with van der Waals surface area (Å²) in [7, 11) is 6.19. The Morgan fingerprint density at radius 1 is 0.815 bits per heavy atom. The van der Waals surface area contributed by atoms with Crippen molar-refractivity contribution in [1.29, 1.82) is 0 Å². The SMILES string of the molecule is COc1cc2c(OC)c3ccc(C)c(OC)c3c(OC)c2c(C)c1C(=O)O. The molecule has 0 saturated carbocycles. The van der Waals surface area contributed by atoms with Crippen LogP contribution in [0, 0.1) is 13.8 Å². The van der Waals surface area contributed by atoms with Crippen LogP contribution in [0.25, 0.3) is 21.5 Å². The first-order valence-corrected chi connectivity index (χ1v) is 8.37. The molecule has 0 atom stereocenters. The lowest BCUT2D eigenvalue weighted by Crippen LogP contribution is -2.06. The molecule has 6 heteroatoms. The van der Waals surface area contributed by atoms with Crippen LogP contribution in [0.4, 0.5) is 0 Å². The summed E-state index contributed by atoms with van der Waals surface area (Å²) in [5.41, 5.74) is 1.57. The second kappa shape index (κ2) is 6.87. The molecule has 1 N–H and O–H groups in total. The fourth-order valence-electron chi connectivity index (χ4n) is 3.74. The summed E-state index contributed by atoms with van der Waals surface area (Å²) in [6.45, 7) is 3.68. The lowest BCUT2D eigenvalue weighted by molar-refractivity contribution is 0.0692. The van der Waals surface area contributed by atoms with Crippen LogP contribution in [-0.4, -0.2) is 39.5 Å². The molecule has 3 aromatic carbocycles. The second-order valence-electron chi connectivity index (χ2n) is 6.21. The van der Waals surface area contributed by atoms with Gasteiger partial charge >= 0.3 is 5.97 Å². The summed E-state index contributed by atoms with van der Waals surface area (Å²) < 4.78 is 22.5. The summed E-state index contributed by atoms with van der Waals surface area (Å²) in [5, 5.41) is 12.6. The minimum Gasteiger partial charge on any atom is -0.496 e. The van der Waals surface area contributed by atoms with Crippen LogP contribution in [0.1, 0.15) is 21.5 Å². The molecule has 0 aliphatic rings. The number of benzene rings is 3. The molecule has 0 bridgehead atoms. The Kier molecular flexibility index (Phi) is 4.74. The molecule has 0 unspecified atom stereocenters. The van der Waals surface area contributed by atoms with E-state index in [2.05, 4.69) is 0 Å². The topological polar surface area (TPSA) is 74.2 Å². The molecular weight excluding hydrogens is 348 g/mol. The van der Waals surface area contributed by atoms with Crippen LogP contribution < -0.4 is 18.9 Å². The molecule has 142 valence electrons. The zero-order valence-corrected chi connectivity index (χ0v) is 16.2. The zero-order valence-electron chi connectivity index (χ0n) is 16.2. The molecule has 0 fully saturated rings. The summed E-state index contributed by atoms with van der Waals surface area (Å²) in [6.07, 6.45) is 0. The van der Waals surface area contributed by atoms with E-state index >= 15 is 0 Å². The van der Waals surface area contributed by atoms with E-state index in [0.29, 0.717) is 33.6 Å². The van der Waals surface area contributed by atoms with Crippen LogP contribution in [0.15, 0.2) is 18.2 Å². The highest BCUT2D eigenvalue weighted by Gasteiger charge is 2.26. The number of carboxylic acids is 1. The zero-order chi connectivity index (χ0) is 19.9. The molecule has 0 radical (unpaired) electrons. The predicted molar refractivity (Wildman–Crippen MR) is 104 cm³/mol.